The van der Waals surface area contributed by atoms with Crippen LogP contribution in [0.1, 0.15) is 12.5 Å². The van der Waals surface area contributed by atoms with Crippen LogP contribution in [0.25, 0.3) is 0 Å². The Morgan fingerprint density at radius 1 is 1.40 bits per heavy atom. The lowest BCUT2D eigenvalue weighted by atomic mass is 10.1. The zero-order valence-corrected chi connectivity index (χ0v) is 11.9. The minimum absolute atomic E-state index is 0.193. The SMILES string of the molecule is CCOC(=O)Cc1cc(Br)c(Br)cc1Cl. The monoisotopic (exact) mass is 354 g/mol. The quantitative estimate of drug-likeness (QED) is 0.605. The average Bonchev–Trinajstić information content (AvgIpc) is 2.14. The molecule has 0 aliphatic heterocycles. The lowest BCUT2D eigenvalue weighted by molar-refractivity contribution is -0.142. The Bertz CT molecular complexity index is 380. The van der Waals surface area contributed by atoms with E-state index in [0.717, 1.165) is 14.5 Å². The summed E-state index contributed by atoms with van der Waals surface area (Å²) in [6.45, 7) is 2.16. The van der Waals surface area contributed by atoms with Gasteiger partial charge in [-0.25, -0.2) is 0 Å². The van der Waals surface area contributed by atoms with Gasteiger partial charge in [0.25, 0.3) is 0 Å². The highest BCUT2D eigenvalue weighted by atomic mass is 79.9. The number of ether oxygens (including phenoxy) is 1. The number of hydrogen-bond acceptors (Lipinski definition) is 2. The topological polar surface area (TPSA) is 26.3 Å². The van der Waals surface area contributed by atoms with E-state index in [1.54, 1.807) is 13.0 Å². The Labute approximate surface area is 110 Å². The van der Waals surface area contributed by atoms with Gasteiger partial charge in [0.05, 0.1) is 13.0 Å². The molecule has 0 N–H and O–H groups in total. The normalized spacial score (nSPS) is 10.1. The van der Waals surface area contributed by atoms with Gasteiger partial charge in [0.2, 0.25) is 0 Å². The van der Waals surface area contributed by atoms with Gasteiger partial charge in [-0.05, 0) is 56.5 Å². The number of halogens is 3. The van der Waals surface area contributed by atoms with Crippen LogP contribution in [0.4, 0.5) is 0 Å². The van der Waals surface area contributed by atoms with Crippen molar-refractivity contribution in [1.82, 2.24) is 0 Å². The molecule has 0 bridgehead atoms. The predicted molar refractivity (Wildman–Crippen MR) is 67.2 cm³/mol. The molecule has 0 saturated heterocycles. The minimum atomic E-state index is -0.270. The van der Waals surface area contributed by atoms with Crippen molar-refractivity contribution in [2.75, 3.05) is 6.61 Å². The Balaban J connectivity index is 2.86. The maximum Gasteiger partial charge on any atom is 0.310 e. The number of benzene rings is 1. The van der Waals surface area contributed by atoms with Gasteiger partial charge in [0, 0.05) is 14.0 Å². The van der Waals surface area contributed by atoms with Crippen molar-refractivity contribution < 1.29 is 9.53 Å². The summed E-state index contributed by atoms with van der Waals surface area (Å²) < 4.78 is 6.57. The van der Waals surface area contributed by atoms with E-state index >= 15 is 0 Å². The fourth-order valence-electron chi connectivity index (χ4n) is 1.07. The summed E-state index contributed by atoms with van der Waals surface area (Å²) in [7, 11) is 0. The van der Waals surface area contributed by atoms with E-state index in [9.17, 15) is 4.79 Å². The van der Waals surface area contributed by atoms with Gasteiger partial charge in [-0.3, -0.25) is 4.79 Å². The van der Waals surface area contributed by atoms with Crippen molar-refractivity contribution in [2.45, 2.75) is 13.3 Å². The smallest absolute Gasteiger partial charge is 0.310 e. The van der Waals surface area contributed by atoms with E-state index in [4.69, 9.17) is 16.3 Å². The molecule has 15 heavy (non-hydrogen) atoms. The third kappa shape index (κ3) is 3.78. The summed E-state index contributed by atoms with van der Waals surface area (Å²) in [5.74, 6) is -0.270. The van der Waals surface area contributed by atoms with E-state index < -0.39 is 0 Å². The van der Waals surface area contributed by atoms with Crippen LogP contribution in [0.2, 0.25) is 5.02 Å². The molecular formula is C10H9Br2ClO2. The predicted octanol–water partition coefficient (Wildman–Crippen LogP) is 3.97. The molecule has 0 spiro atoms. The summed E-state index contributed by atoms with van der Waals surface area (Å²) in [6.07, 6.45) is 0.193. The molecule has 5 heteroatoms. The molecule has 0 aromatic heterocycles. The molecule has 0 unspecified atom stereocenters. The number of hydrogen-bond donors (Lipinski definition) is 0. The molecule has 0 heterocycles. The zero-order chi connectivity index (χ0) is 11.4. The molecule has 1 rings (SSSR count). The van der Waals surface area contributed by atoms with Crippen molar-refractivity contribution >= 4 is 49.4 Å². The van der Waals surface area contributed by atoms with E-state index in [0.29, 0.717) is 11.6 Å². The molecule has 0 atom stereocenters. The van der Waals surface area contributed by atoms with Gasteiger partial charge in [-0.1, -0.05) is 11.6 Å². The molecule has 0 saturated carbocycles. The van der Waals surface area contributed by atoms with E-state index in [-0.39, 0.29) is 12.4 Å². The summed E-state index contributed by atoms with van der Waals surface area (Å²) in [5.41, 5.74) is 0.755. The first-order valence-electron chi connectivity index (χ1n) is 4.33. The molecule has 0 amide bonds. The van der Waals surface area contributed by atoms with Crippen LogP contribution in [0, 0.1) is 0 Å². The molecular weight excluding hydrogens is 347 g/mol. The average molecular weight is 356 g/mol. The van der Waals surface area contributed by atoms with Crippen LogP contribution in [0.3, 0.4) is 0 Å². The van der Waals surface area contributed by atoms with Crippen molar-refractivity contribution in [3.05, 3.63) is 31.7 Å². The third-order valence-corrected chi connectivity index (χ3v) is 3.93. The maximum atomic E-state index is 11.3. The van der Waals surface area contributed by atoms with Crippen LogP contribution >= 0.6 is 43.5 Å². The lowest BCUT2D eigenvalue weighted by Crippen LogP contribution is -2.07. The summed E-state index contributed by atoms with van der Waals surface area (Å²) in [5, 5.41) is 0.554. The largest absolute Gasteiger partial charge is 0.466 e. The third-order valence-electron chi connectivity index (χ3n) is 1.73. The molecule has 0 fully saturated rings. The standard InChI is InChI=1S/C10H9Br2ClO2/c1-2-15-10(14)4-6-3-7(11)8(12)5-9(6)13/h3,5H,2,4H2,1H3. The number of carbonyl (C=O) groups excluding carboxylic acids is 1. The Morgan fingerprint density at radius 3 is 2.60 bits per heavy atom. The van der Waals surface area contributed by atoms with E-state index in [1.165, 1.54) is 0 Å². The van der Waals surface area contributed by atoms with Gasteiger partial charge in [-0.2, -0.15) is 0 Å². The van der Waals surface area contributed by atoms with Crippen molar-refractivity contribution in [3.63, 3.8) is 0 Å². The van der Waals surface area contributed by atoms with Crippen LogP contribution in [-0.4, -0.2) is 12.6 Å². The minimum Gasteiger partial charge on any atom is -0.466 e. The van der Waals surface area contributed by atoms with E-state index in [2.05, 4.69) is 31.9 Å². The summed E-state index contributed by atoms with van der Waals surface area (Å²) >= 11 is 12.7. The second-order valence-corrected chi connectivity index (χ2v) is 4.96. The van der Waals surface area contributed by atoms with Crippen LogP contribution in [0.5, 0.6) is 0 Å². The fourth-order valence-corrected chi connectivity index (χ4v) is 2.16. The van der Waals surface area contributed by atoms with Gasteiger partial charge in [0.1, 0.15) is 0 Å². The summed E-state index contributed by atoms with van der Waals surface area (Å²) in [4.78, 5) is 11.3. The molecule has 1 aromatic rings. The van der Waals surface area contributed by atoms with Gasteiger partial charge < -0.3 is 4.74 Å². The highest BCUT2D eigenvalue weighted by molar-refractivity contribution is 9.13. The van der Waals surface area contributed by atoms with Crippen LogP contribution < -0.4 is 0 Å². The van der Waals surface area contributed by atoms with Crippen molar-refractivity contribution in [3.8, 4) is 0 Å². The molecule has 0 aliphatic carbocycles. The summed E-state index contributed by atoms with van der Waals surface area (Å²) in [6, 6.07) is 3.56. The fraction of sp³-hybridized carbons (Fsp3) is 0.300. The number of carbonyl (C=O) groups is 1. The first kappa shape index (κ1) is 13.0. The number of esters is 1. The maximum absolute atomic E-state index is 11.3. The Hall–Kier alpha value is -0.0600. The van der Waals surface area contributed by atoms with Gasteiger partial charge in [0.15, 0.2) is 0 Å². The van der Waals surface area contributed by atoms with Crippen molar-refractivity contribution in [1.29, 1.82) is 0 Å². The van der Waals surface area contributed by atoms with Crippen LogP contribution in [0.15, 0.2) is 21.1 Å². The molecule has 0 aliphatic rings. The lowest BCUT2D eigenvalue weighted by Gasteiger charge is -2.06. The highest BCUT2D eigenvalue weighted by Gasteiger charge is 2.10. The molecule has 2 nitrogen and oxygen atoms in total. The Morgan fingerprint density at radius 2 is 2.00 bits per heavy atom. The second kappa shape index (κ2) is 5.87. The van der Waals surface area contributed by atoms with Crippen molar-refractivity contribution in [2.24, 2.45) is 0 Å². The first-order chi connectivity index (χ1) is 7.04. The van der Waals surface area contributed by atoms with Crippen LogP contribution in [-0.2, 0) is 16.0 Å². The number of rotatable bonds is 3. The second-order valence-electron chi connectivity index (χ2n) is 2.84. The first-order valence-corrected chi connectivity index (χ1v) is 6.30. The van der Waals surface area contributed by atoms with E-state index in [1.807, 2.05) is 6.07 Å². The molecule has 82 valence electrons. The zero-order valence-electron chi connectivity index (χ0n) is 8.02. The Kier molecular flexibility index (Phi) is 5.09. The van der Waals surface area contributed by atoms with Gasteiger partial charge >= 0.3 is 5.97 Å². The molecule has 1 aromatic carbocycles. The molecule has 0 radical (unpaired) electrons. The van der Waals surface area contributed by atoms with Gasteiger partial charge in [-0.15, -0.1) is 0 Å². The highest BCUT2D eigenvalue weighted by Crippen LogP contribution is 2.29.